The molecule has 1 rings (SSSR count). The fraction of sp³-hybridized carbons (Fsp3) is 0.615. The van der Waals surface area contributed by atoms with E-state index in [0.717, 1.165) is 17.8 Å². The van der Waals surface area contributed by atoms with Crippen LogP contribution in [0.5, 0.6) is 0 Å². The van der Waals surface area contributed by atoms with Crippen LogP contribution in [0.15, 0.2) is 0 Å². The number of carboxylic acid groups (broad SMARTS) is 1. The number of ketones is 1. The van der Waals surface area contributed by atoms with Crippen molar-refractivity contribution >= 4 is 28.2 Å². The summed E-state index contributed by atoms with van der Waals surface area (Å²) in [7, 11) is 3.22. The van der Waals surface area contributed by atoms with Crippen LogP contribution >= 0.6 is 11.3 Å². The monoisotopic (exact) mass is 316 g/mol. The third kappa shape index (κ3) is 5.07. The molecule has 0 bridgehead atoms. The summed E-state index contributed by atoms with van der Waals surface area (Å²) < 4.78 is 10.1. The third-order valence-electron chi connectivity index (χ3n) is 2.75. The highest BCUT2D eigenvalue weighted by Crippen LogP contribution is 2.27. The summed E-state index contributed by atoms with van der Waals surface area (Å²) in [6, 6.07) is 0. The second-order valence-corrected chi connectivity index (χ2v) is 5.34. The minimum atomic E-state index is -1.19. The van der Waals surface area contributed by atoms with E-state index in [1.165, 1.54) is 6.92 Å². The molecule has 1 N–H and O–H groups in total. The van der Waals surface area contributed by atoms with Crippen molar-refractivity contribution in [2.75, 3.05) is 45.4 Å². The number of aromatic nitrogens is 1. The van der Waals surface area contributed by atoms with Gasteiger partial charge in [0.05, 0.1) is 6.61 Å². The van der Waals surface area contributed by atoms with Gasteiger partial charge in [0.15, 0.2) is 16.6 Å². The maximum absolute atomic E-state index is 11.5. The van der Waals surface area contributed by atoms with Crippen LogP contribution in [0.25, 0.3) is 0 Å². The summed E-state index contributed by atoms with van der Waals surface area (Å²) in [5, 5.41) is 9.65. The van der Waals surface area contributed by atoms with Crippen molar-refractivity contribution in [3.05, 3.63) is 10.6 Å². The molecule has 0 fully saturated rings. The van der Waals surface area contributed by atoms with Crippen LogP contribution in [-0.2, 0) is 9.47 Å². The minimum Gasteiger partial charge on any atom is -0.476 e. The van der Waals surface area contributed by atoms with E-state index in [4.69, 9.17) is 14.6 Å². The molecule has 8 heteroatoms. The van der Waals surface area contributed by atoms with E-state index in [1.54, 1.807) is 14.2 Å². The van der Waals surface area contributed by atoms with Crippen molar-refractivity contribution in [3.63, 3.8) is 0 Å². The molecule has 118 valence electrons. The molecule has 0 atom stereocenters. The second kappa shape index (κ2) is 8.71. The van der Waals surface area contributed by atoms with Crippen molar-refractivity contribution < 1.29 is 24.2 Å². The first-order chi connectivity index (χ1) is 10.0. The Morgan fingerprint density at radius 1 is 1.24 bits per heavy atom. The van der Waals surface area contributed by atoms with Gasteiger partial charge in [-0.05, 0) is 6.42 Å². The molecule has 0 saturated carbocycles. The summed E-state index contributed by atoms with van der Waals surface area (Å²) in [5.41, 5.74) is -0.184. The van der Waals surface area contributed by atoms with Gasteiger partial charge in [-0.15, -0.1) is 0 Å². The highest BCUT2D eigenvalue weighted by atomic mass is 32.1. The summed E-state index contributed by atoms with van der Waals surface area (Å²) in [6.45, 7) is 3.66. The van der Waals surface area contributed by atoms with E-state index in [9.17, 15) is 9.59 Å². The minimum absolute atomic E-state index is 0.173. The van der Waals surface area contributed by atoms with E-state index >= 15 is 0 Å². The summed E-state index contributed by atoms with van der Waals surface area (Å²) >= 11 is 1.10. The molecular weight excluding hydrogens is 296 g/mol. The molecule has 0 amide bonds. The fourth-order valence-corrected chi connectivity index (χ4v) is 2.74. The molecule has 0 aliphatic heterocycles. The Balaban J connectivity index is 2.97. The Bertz CT molecular complexity index is 457. The topological polar surface area (TPSA) is 89.0 Å². The van der Waals surface area contributed by atoms with Gasteiger partial charge in [0.25, 0.3) is 0 Å². The molecule has 0 spiro atoms. The largest absolute Gasteiger partial charge is 0.476 e. The van der Waals surface area contributed by atoms with Gasteiger partial charge < -0.3 is 19.5 Å². The second-order valence-electron chi connectivity index (χ2n) is 4.36. The average molecular weight is 316 g/mol. The van der Waals surface area contributed by atoms with Crippen molar-refractivity contribution in [3.8, 4) is 0 Å². The van der Waals surface area contributed by atoms with Gasteiger partial charge in [0, 0.05) is 40.8 Å². The molecule has 0 aliphatic carbocycles. The van der Waals surface area contributed by atoms with E-state index < -0.39 is 5.97 Å². The van der Waals surface area contributed by atoms with Crippen molar-refractivity contribution in [2.45, 2.75) is 13.3 Å². The van der Waals surface area contributed by atoms with Gasteiger partial charge in [-0.1, -0.05) is 11.3 Å². The molecule has 0 radical (unpaired) electrons. The number of anilines is 1. The molecule has 0 saturated heterocycles. The number of thiazole rings is 1. The van der Waals surface area contributed by atoms with Gasteiger partial charge >= 0.3 is 5.97 Å². The third-order valence-corrected chi connectivity index (χ3v) is 3.97. The molecule has 0 aliphatic rings. The summed E-state index contributed by atoms with van der Waals surface area (Å²) in [6.07, 6.45) is 0.775. The molecule has 1 heterocycles. The summed E-state index contributed by atoms with van der Waals surface area (Å²) in [5.74, 6) is -1.48. The standard InChI is InChI=1S/C13H20N2O5S/c1-9(16)11-10(12(17)18)14-13(21-11)15(6-8-20-3)5-4-7-19-2/h4-8H2,1-3H3,(H,17,18). The molecule has 0 aromatic carbocycles. The number of aromatic carboxylic acids is 1. The zero-order valence-electron chi connectivity index (χ0n) is 12.4. The average Bonchev–Trinajstić information content (AvgIpc) is 2.88. The van der Waals surface area contributed by atoms with Crippen molar-refractivity contribution in [1.82, 2.24) is 4.98 Å². The van der Waals surface area contributed by atoms with Gasteiger partial charge in [0.2, 0.25) is 0 Å². The number of hydrogen-bond acceptors (Lipinski definition) is 7. The smallest absolute Gasteiger partial charge is 0.356 e. The molecule has 0 unspecified atom stereocenters. The number of carbonyl (C=O) groups excluding carboxylic acids is 1. The Hall–Kier alpha value is -1.51. The van der Waals surface area contributed by atoms with Crippen LogP contribution in [0.1, 0.15) is 33.5 Å². The van der Waals surface area contributed by atoms with Crippen LogP contribution in [-0.4, -0.2) is 62.4 Å². The predicted octanol–water partition coefficient (Wildman–Crippen LogP) is 1.53. The van der Waals surface area contributed by atoms with Crippen LogP contribution in [0.4, 0.5) is 5.13 Å². The molecule has 7 nitrogen and oxygen atoms in total. The van der Waals surface area contributed by atoms with Crippen LogP contribution in [0.2, 0.25) is 0 Å². The van der Waals surface area contributed by atoms with E-state index in [2.05, 4.69) is 4.98 Å². The maximum atomic E-state index is 11.5. The van der Waals surface area contributed by atoms with Crippen molar-refractivity contribution in [2.24, 2.45) is 0 Å². The lowest BCUT2D eigenvalue weighted by Gasteiger charge is -2.21. The van der Waals surface area contributed by atoms with Crippen LogP contribution in [0, 0.1) is 0 Å². The number of carboxylic acids is 1. The van der Waals surface area contributed by atoms with Crippen LogP contribution in [0.3, 0.4) is 0 Å². The highest BCUT2D eigenvalue weighted by Gasteiger charge is 2.23. The number of hydrogen-bond donors (Lipinski definition) is 1. The molecular formula is C13H20N2O5S. The van der Waals surface area contributed by atoms with Gasteiger partial charge in [-0.2, -0.15) is 0 Å². The maximum Gasteiger partial charge on any atom is 0.356 e. The predicted molar refractivity (Wildman–Crippen MR) is 79.7 cm³/mol. The number of ether oxygens (including phenoxy) is 2. The first-order valence-electron chi connectivity index (χ1n) is 6.49. The highest BCUT2D eigenvalue weighted by molar-refractivity contribution is 7.17. The molecule has 1 aromatic rings. The zero-order valence-corrected chi connectivity index (χ0v) is 13.2. The van der Waals surface area contributed by atoms with Gasteiger partial charge in [-0.3, -0.25) is 4.79 Å². The zero-order chi connectivity index (χ0) is 15.8. The summed E-state index contributed by atoms with van der Waals surface area (Å²) in [4.78, 5) is 28.9. The molecule has 1 aromatic heterocycles. The number of nitrogens with zero attached hydrogens (tertiary/aromatic N) is 2. The van der Waals surface area contributed by atoms with Gasteiger partial charge in [0.1, 0.15) is 4.88 Å². The number of methoxy groups -OCH3 is 2. The first kappa shape index (κ1) is 17.5. The normalized spacial score (nSPS) is 10.6. The lowest BCUT2D eigenvalue weighted by molar-refractivity contribution is 0.0687. The van der Waals surface area contributed by atoms with Gasteiger partial charge in [-0.25, -0.2) is 9.78 Å². The van der Waals surface area contributed by atoms with E-state index in [0.29, 0.717) is 31.4 Å². The fourth-order valence-electron chi connectivity index (χ4n) is 1.73. The van der Waals surface area contributed by atoms with E-state index in [-0.39, 0.29) is 16.4 Å². The van der Waals surface area contributed by atoms with Crippen LogP contribution < -0.4 is 4.90 Å². The lowest BCUT2D eigenvalue weighted by Crippen LogP contribution is -2.29. The Morgan fingerprint density at radius 3 is 2.38 bits per heavy atom. The van der Waals surface area contributed by atoms with Crippen molar-refractivity contribution in [1.29, 1.82) is 0 Å². The lowest BCUT2D eigenvalue weighted by atomic mass is 10.3. The first-order valence-corrected chi connectivity index (χ1v) is 7.30. The Labute approximate surface area is 127 Å². The Kier molecular flexibility index (Phi) is 7.27. The quantitative estimate of drug-likeness (QED) is 0.517. The molecule has 21 heavy (non-hydrogen) atoms. The number of carbonyl (C=O) groups is 2. The number of rotatable bonds is 10. The SMILES string of the molecule is COCCCN(CCOC)c1nc(C(=O)O)c(C(C)=O)s1. The number of Topliss-reactive ketones (excluding diaryl/α,β-unsaturated/α-hetero) is 1. The van der Waals surface area contributed by atoms with E-state index in [1.807, 2.05) is 4.90 Å². The Morgan fingerprint density at radius 2 is 1.90 bits per heavy atom.